The van der Waals surface area contributed by atoms with Crippen molar-refractivity contribution in [1.82, 2.24) is 19.6 Å². The van der Waals surface area contributed by atoms with Gasteiger partial charge in [0.15, 0.2) is 0 Å². The number of carbonyl (C=O) groups excluding carboxylic acids is 1. The smallest absolute Gasteiger partial charge is 0.390 e. The summed E-state index contributed by atoms with van der Waals surface area (Å²) in [5.41, 5.74) is -2.33. The van der Waals surface area contributed by atoms with Crippen LogP contribution in [0.5, 0.6) is 0 Å². The Hall–Kier alpha value is -3.60. The fraction of sp³-hybridized carbons (Fsp3) is 0.393. The molecule has 1 aromatic heterocycles. The summed E-state index contributed by atoms with van der Waals surface area (Å²) < 4.78 is 100.0. The number of carbonyl (C=O) groups is 1. The van der Waals surface area contributed by atoms with Crippen molar-refractivity contribution >= 4 is 38.9 Å². The number of hydrogen-bond donors (Lipinski definition) is 1. The summed E-state index contributed by atoms with van der Waals surface area (Å²) in [6.07, 6.45) is -7.87. The number of aliphatic imine (C=N–C) groups is 1. The molecule has 2 aromatic carbocycles. The number of rotatable bonds is 4. The highest BCUT2D eigenvalue weighted by Gasteiger charge is 2.42. The zero-order chi connectivity index (χ0) is 31.4. The maximum atomic E-state index is 13.6. The Morgan fingerprint density at radius 1 is 1.02 bits per heavy atom. The predicted molar refractivity (Wildman–Crippen MR) is 148 cm³/mol. The molecule has 3 aliphatic heterocycles. The van der Waals surface area contributed by atoms with Crippen molar-refractivity contribution in [3.63, 3.8) is 0 Å². The molecular weight excluding hydrogens is 616 g/mol. The van der Waals surface area contributed by atoms with Crippen LogP contribution in [0.4, 0.5) is 26.3 Å². The van der Waals surface area contributed by atoms with Crippen LogP contribution in [-0.4, -0.2) is 91.5 Å². The van der Waals surface area contributed by atoms with E-state index < -0.39 is 52.8 Å². The molecule has 9 nitrogen and oxygen atoms in total. The lowest BCUT2D eigenvalue weighted by Gasteiger charge is -2.33. The van der Waals surface area contributed by atoms with Gasteiger partial charge in [-0.3, -0.25) is 14.4 Å². The third kappa shape index (κ3) is 5.90. The van der Waals surface area contributed by atoms with Gasteiger partial charge in [0.25, 0.3) is 5.91 Å². The van der Waals surface area contributed by atoms with Gasteiger partial charge in [0.2, 0.25) is 5.17 Å². The molecular formula is C28H25F6N5O4S. The van der Waals surface area contributed by atoms with Crippen LogP contribution in [0.3, 0.4) is 0 Å². The first kappa shape index (κ1) is 30.4. The molecule has 3 aliphatic rings. The number of nitrogens with zero attached hydrogens (tertiary/aromatic N) is 5. The number of likely N-dealkylation sites (tertiary alicyclic amines) is 1. The maximum Gasteiger partial charge on any atom is 0.416 e. The number of amides is 1. The Labute approximate surface area is 248 Å². The van der Waals surface area contributed by atoms with Gasteiger partial charge in [-0.2, -0.15) is 36.4 Å². The van der Waals surface area contributed by atoms with E-state index in [1.54, 1.807) is 23.1 Å². The average molecular weight is 642 g/mol. The van der Waals surface area contributed by atoms with E-state index in [2.05, 4.69) is 15.0 Å². The van der Waals surface area contributed by atoms with Crippen LogP contribution in [0.2, 0.25) is 0 Å². The van der Waals surface area contributed by atoms with E-state index in [0.29, 0.717) is 55.4 Å². The van der Waals surface area contributed by atoms with Crippen molar-refractivity contribution in [2.45, 2.75) is 31.0 Å². The SMILES string of the molecule is O=C1N=C(N2C[C@H](O)[C@@H](N3CCOCC3)C2)S(=O)/C1=C\c1ccc2c(cnn2Cc2ccc(C(F)(F)F)cc2C(F)(F)F)c1. The Morgan fingerprint density at radius 3 is 2.48 bits per heavy atom. The molecule has 2 saturated heterocycles. The van der Waals surface area contributed by atoms with Crippen LogP contribution in [0.25, 0.3) is 17.0 Å². The van der Waals surface area contributed by atoms with Crippen LogP contribution in [0.15, 0.2) is 52.5 Å². The molecule has 44 heavy (non-hydrogen) atoms. The first-order chi connectivity index (χ1) is 20.8. The summed E-state index contributed by atoms with van der Waals surface area (Å²) in [4.78, 5) is 20.5. The van der Waals surface area contributed by atoms with Crippen LogP contribution in [0, 0.1) is 0 Å². The third-order valence-corrected chi connectivity index (χ3v) is 9.22. The fourth-order valence-electron chi connectivity index (χ4n) is 5.65. The number of ether oxygens (including phenoxy) is 1. The number of hydrogen-bond acceptors (Lipinski definition) is 7. The number of benzene rings is 2. The first-order valence-electron chi connectivity index (χ1n) is 13.5. The molecule has 6 rings (SSSR count). The van der Waals surface area contributed by atoms with Crippen molar-refractivity contribution in [1.29, 1.82) is 0 Å². The van der Waals surface area contributed by atoms with Crippen molar-refractivity contribution in [3.8, 4) is 0 Å². The van der Waals surface area contributed by atoms with E-state index in [1.165, 1.54) is 17.0 Å². The molecule has 0 bridgehead atoms. The van der Waals surface area contributed by atoms with Gasteiger partial charge < -0.3 is 14.7 Å². The molecule has 234 valence electrons. The maximum absolute atomic E-state index is 13.6. The molecule has 4 heterocycles. The topological polar surface area (TPSA) is 100 Å². The Balaban J connectivity index is 1.21. The second kappa shape index (κ2) is 11.4. The molecule has 1 amide bonds. The zero-order valence-corrected chi connectivity index (χ0v) is 23.6. The van der Waals surface area contributed by atoms with Gasteiger partial charge in [-0.15, -0.1) is 0 Å². The van der Waals surface area contributed by atoms with Crippen molar-refractivity contribution < 1.29 is 45.2 Å². The van der Waals surface area contributed by atoms with Crippen molar-refractivity contribution in [2.75, 3.05) is 39.4 Å². The average Bonchev–Trinajstić information content (AvgIpc) is 3.64. The molecule has 16 heteroatoms. The third-order valence-electron chi connectivity index (χ3n) is 7.84. The normalized spacial score (nSPS) is 24.6. The number of fused-ring (bicyclic) bond motifs is 1. The predicted octanol–water partition coefficient (Wildman–Crippen LogP) is 3.49. The zero-order valence-electron chi connectivity index (χ0n) is 22.8. The Kier molecular flexibility index (Phi) is 7.88. The van der Waals surface area contributed by atoms with Gasteiger partial charge in [-0.1, -0.05) is 12.1 Å². The fourth-order valence-corrected chi connectivity index (χ4v) is 6.84. The van der Waals surface area contributed by atoms with Crippen LogP contribution >= 0.6 is 0 Å². The monoisotopic (exact) mass is 641 g/mol. The lowest BCUT2D eigenvalue weighted by atomic mass is 10.0. The number of morpholine rings is 1. The molecule has 0 aliphatic carbocycles. The Bertz CT molecular complexity index is 1700. The lowest BCUT2D eigenvalue weighted by Crippen LogP contribution is -2.49. The van der Waals surface area contributed by atoms with Crippen LogP contribution in [0.1, 0.15) is 22.3 Å². The van der Waals surface area contributed by atoms with E-state index in [-0.39, 0.29) is 34.3 Å². The highest BCUT2D eigenvalue weighted by Crippen LogP contribution is 2.38. The minimum atomic E-state index is -5.01. The van der Waals surface area contributed by atoms with Crippen LogP contribution in [-0.2, 0) is 39.2 Å². The second-order valence-corrected chi connectivity index (χ2v) is 12.0. The largest absolute Gasteiger partial charge is 0.416 e. The van der Waals surface area contributed by atoms with E-state index >= 15 is 0 Å². The van der Waals surface area contributed by atoms with Crippen molar-refractivity contribution in [2.24, 2.45) is 4.99 Å². The minimum absolute atomic E-state index is 0.0596. The quantitative estimate of drug-likeness (QED) is 0.344. The molecule has 0 radical (unpaired) electrons. The lowest BCUT2D eigenvalue weighted by molar-refractivity contribution is -0.143. The number of aliphatic hydroxyl groups excluding tert-OH is 1. The number of amidine groups is 1. The van der Waals surface area contributed by atoms with E-state index in [0.717, 1.165) is 6.07 Å². The molecule has 1 unspecified atom stereocenters. The van der Waals surface area contributed by atoms with Gasteiger partial charge in [0.05, 0.1) is 54.7 Å². The molecule has 0 saturated carbocycles. The molecule has 3 atom stereocenters. The summed E-state index contributed by atoms with van der Waals surface area (Å²) in [6.45, 7) is 2.50. The van der Waals surface area contributed by atoms with Gasteiger partial charge in [-0.25, -0.2) is 4.21 Å². The van der Waals surface area contributed by atoms with E-state index in [9.17, 15) is 40.5 Å². The molecule has 0 spiro atoms. The summed E-state index contributed by atoms with van der Waals surface area (Å²) in [5.74, 6) is -0.680. The standard InChI is InChI=1S/C28H25F6N5O4S/c29-27(30,31)19-3-2-17(20(11-19)28(32,33)34)13-39-21-4-1-16(9-18(21)12-35-39)10-24-25(41)36-26(44(24)42)38-14-22(23(40)15-38)37-5-7-43-8-6-37/h1-4,9-12,22-23,40H,5-8,13-15H2/b24-10-/t22-,23-,44?/m0/s1. The highest BCUT2D eigenvalue weighted by atomic mass is 32.2. The van der Waals surface area contributed by atoms with Gasteiger partial charge in [0.1, 0.15) is 15.7 Å². The number of aromatic nitrogens is 2. The number of aliphatic hydroxyl groups is 1. The first-order valence-corrected chi connectivity index (χ1v) is 14.7. The van der Waals surface area contributed by atoms with Gasteiger partial charge in [-0.05, 0) is 41.5 Å². The van der Waals surface area contributed by atoms with E-state index in [1.807, 2.05) is 0 Å². The number of alkyl halides is 6. The minimum Gasteiger partial charge on any atom is -0.390 e. The van der Waals surface area contributed by atoms with Gasteiger partial charge in [0, 0.05) is 31.6 Å². The number of β-amino-alcohol motifs (C(OH)–C–C–N with tert-alkyl or cyclic N) is 1. The molecule has 1 N–H and O–H groups in total. The Morgan fingerprint density at radius 2 is 1.77 bits per heavy atom. The van der Waals surface area contributed by atoms with Gasteiger partial charge >= 0.3 is 12.4 Å². The van der Waals surface area contributed by atoms with Crippen LogP contribution < -0.4 is 0 Å². The molecule has 3 aromatic rings. The summed E-state index contributed by atoms with van der Waals surface area (Å²) in [7, 11) is -1.90. The second-order valence-electron chi connectivity index (χ2n) is 10.7. The van der Waals surface area contributed by atoms with E-state index in [4.69, 9.17) is 4.74 Å². The summed E-state index contributed by atoms with van der Waals surface area (Å²) in [6, 6.07) is 5.96. The highest BCUT2D eigenvalue weighted by molar-refractivity contribution is 8.05. The number of halogens is 6. The molecule has 2 fully saturated rings. The summed E-state index contributed by atoms with van der Waals surface area (Å²) >= 11 is 0. The summed E-state index contributed by atoms with van der Waals surface area (Å²) in [5, 5.41) is 15.3. The van der Waals surface area contributed by atoms with Crippen molar-refractivity contribution in [3.05, 3.63) is 69.8 Å².